The van der Waals surface area contributed by atoms with E-state index in [2.05, 4.69) is 49.9 Å². The van der Waals surface area contributed by atoms with Crippen LogP contribution in [-0.2, 0) is 0 Å². The van der Waals surface area contributed by atoms with Gasteiger partial charge in [0.05, 0.1) is 0 Å². The highest BCUT2D eigenvalue weighted by Gasteiger charge is 2.24. The molecule has 1 aliphatic rings. The number of anilines is 1. The van der Waals surface area contributed by atoms with Crippen molar-refractivity contribution in [2.75, 3.05) is 18.0 Å². The molecule has 3 unspecified atom stereocenters. The molecule has 1 saturated heterocycles. The summed E-state index contributed by atoms with van der Waals surface area (Å²) in [4.78, 5) is 2.53. The minimum Gasteiger partial charge on any atom is -0.371 e. The molecular formula is C16H26N2. The highest BCUT2D eigenvalue weighted by atomic mass is 15.1. The van der Waals surface area contributed by atoms with Gasteiger partial charge in [-0.25, -0.2) is 0 Å². The average molecular weight is 246 g/mol. The van der Waals surface area contributed by atoms with Gasteiger partial charge in [-0.1, -0.05) is 39.0 Å². The summed E-state index contributed by atoms with van der Waals surface area (Å²) in [6.07, 6.45) is 2.34. The highest BCUT2D eigenvalue weighted by Crippen LogP contribution is 2.31. The summed E-state index contributed by atoms with van der Waals surface area (Å²) in [5.74, 6) is 1.55. The van der Waals surface area contributed by atoms with Gasteiger partial charge in [-0.3, -0.25) is 0 Å². The molecule has 2 N–H and O–H groups in total. The molecule has 2 rings (SSSR count). The SMILES string of the molecule is CCC(N)c1ccccc1N1CC(C)CC(C)C1. The number of hydrogen-bond donors (Lipinski definition) is 1. The summed E-state index contributed by atoms with van der Waals surface area (Å²) in [5, 5.41) is 0. The smallest absolute Gasteiger partial charge is 0.0414 e. The second-order valence-electron chi connectivity index (χ2n) is 5.92. The van der Waals surface area contributed by atoms with Crippen LogP contribution in [0.1, 0.15) is 45.2 Å². The van der Waals surface area contributed by atoms with Gasteiger partial charge in [0, 0.05) is 24.8 Å². The second kappa shape index (κ2) is 5.75. The van der Waals surface area contributed by atoms with E-state index in [1.54, 1.807) is 0 Å². The molecule has 0 aromatic heterocycles. The van der Waals surface area contributed by atoms with Crippen LogP contribution in [0.15, 0.2) is 24.3 Å². The Morgan fingerprint density at radius 1 is 1.22 bits per heavy atom. The number of nitrogens with zero attached hydrogens (tertiary/aromatic N) is 1. The summed E-state index contributed by atoms with van der Waals surface area (Å²) >= 11 is 0. The van der Waals surface area contributed by atoms with Gasteiger partial charge in [0.2, 0.25) is 0 Å². The standard InChI is InChI=1S/C16H26N2/c1-4-15(17)14-7-5-6-8-16(14)18-10-12(2)9-13(3)11-18/h5-8,12-13,15H,4,9-11,17H2,1-3H3. The van der Waals surface area contributed by atoms with Crippen LogP contribution in [0.5, 0.6) is 0 Å². The zero-order chi connectivity index (χ0) is 13.1. The Bertz CT molecular complexity index is 378. The molecule has 2 nitrogen and oxygen atoms in total. The van der Waals surface area contributed by atoms with Crippen molar-refractivity contribution in [3.63, 3.8) is 0 Å². The molecule has 1 aromatic rings. The summed E-state index contributed by atoms with van der Waals surface area (Å²) < 4.78 is 0. The van der Waals surface area contributed by atoms with Crippen LogP contribution in [0, 0.1) is 11.8 Å². The fourth-order valence-corrected chi connectivity index (χ4v) is 3.17. The zero-order valence-electron chi connectivity index (χ0n) is 11.9. The van der Waals surface area contributed by atoms with Gasteiger partial charge >= 0.3 is 0 Å². The number of benzene rings is 1. The predicted molar refractivity (Wildman–Crippen MR) is 78.8 cm³/mol. The number of para-hydroxylation sites is 1. The Labute approximate surface area is 111 Å². The molecule has 1 heterocycles. The van der Waals surface area contributed by atoms with Crippen LogP contribution in [-0.4, -0.2) is 13.1 Å². The van der Waals surface area contributed by atoms with Crippen molar-refractivity contribution in [1.29, 1.82) is 0 Å². The first kappa shape index (κ1) is 13.4. The first-order valence-electron chi connectivity index (χ1n) is 7.21. The van der Waals surface area contributed by atoms with Gasteiger partial charge < -0.3 is 10.6 Å². The molecule has 1 fully saturated rings. The van der Waals surface area contributed by atoms with E-state index in [9.17, 15) is 0 Å². The molecule has 0 aliphatic carbocycles. The van der Waals surface area contributed by atoms with Crippen molar-refractivity contribution >= 4 is 5.69 Å². The molecule has 3 atom stereocenters. The van der Waals surface area contributed by atoms with Gasteiger partial charge in [0.15, 0.2) is 0 Å². The first-order chi connectivity index (χ1) is 8.61. The average Bonchev–Trinajstić information content (AvgIpc) is 2.36. The largest absolute Gasteiger partial charge is 0.371 e. The van der Waals surface area contributed by atoms with Crippen LogP contribution in [0.2, 0.25) is 0 Å². The van der Waals surface area contributed by atoms with E-state index in [-0.39, 0.29) is 6.04 Å². The quantitative estimate of drug-likeness (QED) is 0.883. The maximum atomic E-state index is 6.24. The lowest BCUT2D eigenvalue weighted by Crippen LogP contribution is -2.39. The van der Waals surface area contributed by atoms with Gasteiger partial charge in [0.1, 0.15) is 0 Å². The molecule has 2 heteroatoms. The van der Waals surface area contributed by atoms with Gasteiger partial charge in [-0.05, 0) is 36.3 Å². The van der Waals surface area contributed by atoms with E-state index in [1.165, 1.54) is 17.7 Å². The minimum atomic E-state index is 0.161. The maximum absolute atomic E-state index is 6.24. The maximum Gasteiger partial charge on any atom is 0.0414 e. The van der Waals surface area contributed by atoms with Crippen LogP contribution in [0.4, 0.5) is 5.69 Å². The summed E-state index contributed by atoms with van der Waals surface area (Å²) in [7, 11) is 0. The van der Waals surface area contributed by atoms with E-state index in [4.69, 9.17) is 5.73 Å². The predicted octanol–water partition coefficient (Wildman–Crippen LogP) is 3.58. The third-order valence-corrected chi connectivity index (χ3v) is 3.99. The Kier molecular flexibility index (Phi) is 4.28. The van der Waals surface area contributed by atoms with E-state index in [1.807, 2.05) is 0 Å². The molecular weight excluding hydrogens is 220 g/mol. The van der Waals surface area contributed by atoms with Gasteiger partial charge in [-0.15, -0.1) is 0 Å². The summed E-state index contributed by atoms with van der Waals surface area (Å²) in [6, 6.07) is 8.81. The van der Waals surface area contributed by atoms with E-state index >= 15 is 0 Å². The highest BCUT2D eigenvalue weighted by molar-refractivity contribution is 5.55. The normalized spacial score (nSPS) is 26.1. The molecule has 0 bridgehead atoms. The lowest BCUT2D eigenvalue weighted by molar-refractivity contribution is 0.356. The molecule has 1 aliphatic heterocycles. The summed E-state index contributed by atoms with van der Waals surface area (Å²) in [6.45, 7) is 9.19. The Hall–Kier alpha value is -1.02. The molecule has 0 saturated carbocycles. The van der Waals surface area contributed by atoms with E-state index in [0.29, 0.717) is 0 Å². The van der Waals surface area contributed by atoms with Crippen molar-refractivity contribution < 1.29 is 0 Å². The first-order valence-corrected chi connectivity index (χ1v) is 7.21. The molecule has 0 radical (unpaired) electrons. The zero-order valence-corrected chi connectivity index (χ0v) is 11.9. The van der Waals surface area contributed by atoms with Crippen molar-refractivity contribution in [3.8, 4) is 0 Å². The van der Waals surface area contributed by atoms with Crippen molar-refractivity contribution in [2.45, 2.75) is 39.7 Å². The minimum absolute atomic E-state index is 0.161. The lowest BCUT2D eigenvalue weighted by atomic mass is 9.90. The Balaban J connectivity index is 2.26. The van der Waals surface area contributed by atoms with Gasteiger partial charge in [0.25, 0.3) is 0 Å². The Morgan fingerprint density at radius 3 is 2.44 bits per heavy atom. The van der Waals surface area contributed by atoms with Crippen molar-refractivity contribution in [3.05, 3.63) is 29.8 Å². The third-order valence-electron chi connectivity index (χ3n) is 3.99. The molecule has 0 amide bonds. The molecule has 0 spiro atoms. The lowest BCUT2D eigenvalue weighted by Gasteiger charge is -2.38. The van der Waals surface area contributed by atoms with Crippen molar-refractivity contribution in [2.24, 2.45) is 17.6 Å². The van der Waals surface area contributed by atoms with Gasteiger partial charge in [-0.2, -0.15) is 0 Å². The topological polar surface area (TPSA) is 29.3 Å². The molecule has 1 aromatic carbocycles. The Morgan fingerprint density at radius 2 is 1.83 bits per heavy atom. The van der Waals surface area contributed by atoms with Crippen LogP contribution in [0.25, 0.3) is 0 Å². The summed E-state index contributed by atoms with van der Waals surface area (Å²) in [5.41, 5.74) is 8.90. The monoisotopic (exact) mass is 246 g/mol. The fraction of sp³-hybridized carbons (Fsp3) is 0.625. The molecule has 100 valence electrons. The fourth-order valence-electron chi connectivity index (χ4n) is 3.17. The number of piperidine rings is 1. The third kappa shape index (κ3) is 2.86. The number of hydrogen-bond acceptors (Lipinski definition) is 2. The van der Waals surface area contributed by atoms with Crippen LogP contribution >= 0.6 is 0 Å². The number of nitrogens with two attached hydrogens (primary N) is 1. The van der Waals surface area contributed by atoms with E-state index in [0.717, 1.165) is 31.3 Å². The van der Waals surface area contributed by atoms with Crippen molar-refractivity contribution in [1.82, 2.24) is 0 Å². The molecule has 18 heavy (non-hydrogen) atoms. The van der Waals surface area contributed by atoms with Crippen LogP contribution < -0.4 is 10.6 Å². The van der Waals surface area contributed by atoms with Crippen LogP contribution in [0.3, 0.4) is 0 Å². The number of rotatable bonds is 3. The second-order valence-corrected chi connectivity index (χ2v) is 5.92. The van der Waals surface area contributed by atoms with E-state index < -0.39 is 0 Å².